The van der Waals surface area contributed by atoms with Crippen molar-refractivity contribution in [2.24, 2.45) is 0 Å². The molecule has 8 heteroatoms. The Morgan fingerprint density at radius 1 is 1.27 bits per heavy atom. The summed E-state index contributed by atoms with van der Waals surface area (Å²) in [6.07, 6.45) is 0.269. The molecule has 140 valence electrons. The molecule has 1 aromatic heterocycles. The lowest BCUT2D eigenvalue weighted by Gasteiger charge is -2.34. The number of carboxylic acid groups (broad SMARTS) is 1. The van der Waals surface area contributed by atoms with Crippen LogP contribution in [0, 0.1) is 0 Å². The highest BCUT2D eigenvalue weighted by Crippen LogP contribution is 2.15. The van der Waals surface area contributed by atoms with Crippen LogP contribution in [0.1, 0.15) is 25.5 Å². The van der Waals surface area contributed by atoms with Crippen molar-refractivity contribution in [2.75, 3.05) is 13.1 Å². The van der Waals surface area contributed by atoms with Gasteiger partial charge in [0.1, 0.15) is 24.7 Å². The molecule has 0 amide bonds. The van der Waals surface area contributed by atoms with Gasteiger partial charge in [-0.25, -0.2) is 9.67 Å². The molecular formula is C18H24N4O4. The van der Waals surface area contributed by atoms with Crippen LogP contribution in [0.4, 0.5) is 0 Å². The highest BCUT2D eigenvalue weighted by molar-refractivity contribution is 5.66. The molecule has 0 radical (unpaired) electrons. The predicted molar refractivity (Wildman–Crippen MR) is 93.7 cm³/mol. The Morgan fingerprint density at radius 3 is 2.62 bits per heavy atom. The van der Waals surface area contributed by atoms with Gasteiger partial charge in [-0.05, 0) is 26.0 Å². The van der Waals surface area contributed by atoms with Crippen LogP contribution in [0.25, 0.3) is 0 Å². The van der Waals surface area contributed by atoms with Crippen molar-refractivity contribution in [3.8, 4) is 5.75 Å². The zero-order chi connectivity index (χ0) is 18.5. The Bertz CT molecular complexity index is 724. The largest absolute Gasteiger partial charge is 0.486 e. The lowest BCUT2D eigenvalue weighted by Crippen LogP contribution is -2.45. The third-order valence-electron chi connectivity index (χ3n) is 4.05. The van der Waals surface area contributed by atoms with Crippen LogP contribution in [0.2, 0.25) is 0 Å². The Labute approximate surface area is 152 Å². The molecule has 1 aliphatic heterocycles. The van der Waals surface area contributed by atoms with E-state index in [1.54, 1.807) is 0 Å². The van der Waals surface area contributed by atoms with Crippen molar-refractivity contribution in [3.63, 3.8) is 0 Å². The first kappa shape index (κ1) is 18.3. The number of para-hydroxylation sites is 1. The Hall–Kier alpha value is -2.45. The van der Waals surface area contributed by atoms with Crippen LogP contribution in [0.15, 0.2) is 30.3 Å². The Kier molecular flexibility index (Phi) is 5.85. The molecule has 3 rings (SSSR count). The summed E-state index contributed by atoms with van der Waals surface area (Å²) in [7, 11) is 0. The fourth-order valence-corrected chi connectivity index (χ4v) is 3.14. The van der Waals surface area contributed by atoms with Gasteiger partial charge in [-0.2, -0.15) is 5.10 Å². The molecule has 2 atom stereocenters. The standard InChI is InChI=1S/C18H24N4O4/c1-13-8-21(9-14(2)26-13)10-17-19-16(20-22(17)11-18(23)24)12-25-15-6-4-3-5-7-15/h3-7,13-14H,8-12H2,1-2H3,(H,23,24)/t13-,14+. The van der Waals surface area contributed by atoms with E-state index < -0.39 is 5.97 Å². The molecular weight excluding hydrogens is 336 g/mol. The van der Waals surface area contributed by atoms with E-state index in [0.29, 0.717) is 18.2 Å². The van der Waals surface area contributed by atoms with Crippen LogP contribution >= 0.6 is 0 Å². The summed E-state index contributed by atoms with van der Waals surface area (Å²) < 4.78 is 12.9. The van der Waals surface area contributed by atoms with Gasteiger partial charge in [0.15, 0.2) is 5.82 Å². The van der Waals surface area contributed by atoms with Crippen molar-refractivity contribution in [1.29, 1.82) is 0 Å². The number of hydrogen-bond acceptors (Lipinski definition) is 6. The number of nitrogens with zero attached hydrogens (tertiary/aromatic N) is 4. The molecule has 1 N–H and O–H groups in total. The molecule has 0 aliphatic carbocycles. The van der Waals surface area contributed by atoms with E-state index in [4.69, 9.17) is 14.6 Å². The fraction of sp³-hybridized carbons (Fsp3) is 0.500. The minimum atomic E-state index is -0.949. The van der Waals surface area contributed by atoms with Gasteiger partial charge in [0.2, 0.25) is 0 Å². The second-order valence-corrected chi connectivity index (χ2v) is 6.55. The monoisotopic (exact) mass is 360 g/mol. The van der Waals surface area contributed by atoms with Crippen molar-refractivity contribution in [2.45, 2.75) is 45.8 Å². The summed E-state index contributed by atoms with van der Waals surface area (Å²) in [5, 5.41) is 13.5. The van der Waals surface area contributed by atoms with E-state index >= 15 is 0 Å². The maximum absolute atomic E-state index is 11.2. The number of benzene rings is 1. The van der Waals surface area contributed by atoms with Gasteiger partial charge in [-0.15, -0.1) is 0 Å². The molecule has 1 fully saturated rings. The summed E-state index contributed by atoms with van der Waals surface area (Å²) in [6, 6.07) is 9.39. The third kappa shape index (κ3) is 5.03. The second-order valence-electron chi connectivity index (χ2n) is 6.55. The van der Waals surface area contributed by atoms with Crippen LogP contribution in [-0.4, -0.2) is 56.0 Å². The summed E-state index contributed by atoms with van der Waals surface area (Å²) in [6.45, 7) is 6.13. The number of aromatic nitrogens is 3. The van der Waals surface area contributed by atoms with E-state index in [1.807, 2.05) is 44.2 Å². The fourth-order valence-electron chi connectivity index (χ4n) is 3.14. The maximum atomic E-state index is 11.2. The first-order chi connectivity index (χ1) is 12.5. The van der Waals surface area contributed by atoms with Gasteiger partial charge in [-0.3, -0.25) is 9.69 Å². The van der Waals surface area contributed by atoms with Crippen LogP contribution < -0.4 is 4.74 Å². The van der Waals surface area contributed by atoms with Crippen molar-refractivity contribution < 1.29 is 19.4 Å². The number of ether oxygens (including phenoxy) is 2. The SMILES string of the molecule is C[C@@H]1CN(Cc2nc(COc3ccccc3)nn2CC(=O)O)C[C@H](C)O1. The molecule has 0 bridgehead atoms. The topological polar surface area (TPSA) is 89.7 Å². The summed E-state index contributed by atoms with van der Waals surface area (Å²) >= 11 is 0. The van der Waals surface area contributed by atoms with Crippen LogP contribution in [-0.2, 0) is 29.2 Å². The average molecular weight is 360 g/mol. The van der Waals surface area contributed by atoms with Gasteiger partial charge < -0.3 is 14.6 Å². The highest BCUT2D eigenvalue weighted by atomic mass is 16.5. The number of carboxylic acids is 1. The third-order valence-corrected chi connectivity index (χ3v) is 4.05. The molecule has 2 heterocycles. The molecule has 26 heavy (non-hydrogen) atoms. The van der Waals surface area contributed by atoms with E-state index in [0.717, 1.165) is 18.8 Å². The number of morpholine rings is 1. The molecule has 1 aromatic carbocycles. The van der Waals surface area contributed by atoms with Gasteiger partial charge >= 0.3 is 5.97 Å². The maximum Gasteiger partial charge on any atom is 0.325 e. The highest BCUT2D eigenvalue weighted by Gasteiger charge is 2.24. The first-order valence-corrected chi connectivity index (χ1v) is 8.69. The zero-order valence-corrected chi connectivity index (χ0v) is 15.0. The molecule has 0 saturated carbocycles. The van der Waals surface area contributed by atoms with Crippen molar-refractivity contribution >= 4 is 5.97 Å². The van der Waals surface area contributed by atoms with Gasteiger partial charge in [0.05, 0.1) is 18.8 Å². The second kappa shape index (κ2) is 8.29. The zero-order valence-electron chi connectivity index (χ0n) is 15.0. The molecule has 1 aliphatic rings. The molecule has 8 nitrogen and oxygen atoms in total. The number of hydrogen-bond donors (Lipinski definition) is 1. The lowest BCUT2D eigenvalue weighted by molar-refractivity contribution is -0.138. The molecule has 0 spiro atoms. The molecule has 1 saturated heterocycles. The van der Waals surface area contributed by atoms with Gasteiger partial charge in [-0.1, -0.05) is 18.2 Å². The normalized spacial score (nSPS) is 20.8. The first-order valence-electron chi connectivity index (χ1n) is 8.69. The van der Waals surface area contributed by atoms with Gasteiger partial charge in [0.25, 0.3) is 0 Å². The molecule has 0 unspecified atom stereocenters. The van der Waals surface area contributed by atoms with E-state index in [-0.39, 0.29) is 25.4 Å². The minimum Gasteiger partial charge on any atom is -0.486 e. The number of rotatable bonds is 7. The summed E-state index contributed by atoms with van der Waals surface area (Å²) in [5.74, 6) is 0.870. The average Bonchev–Trinajstić information content (AvgIpc) is 2.94. The van der Waals surface area contributed by atoms with Crippen molar-refractivity contribution in [1.82, 2.24) is 19.7 Å². The van der Waals surface area contributed by atoms with E-state index in [9.17, 15) is 4.79 Å². The van der Waals surface area contributed by atoms with E-state index in [1.165, 1.54) is 4.68 Å². The minimum absolute atomic E-state index is 0.135. The Balaban J connectivity index is 1.70. The van der Waals surface area contributed by atoms with Gasteiger partial charge in [0, 0.05) is 13.1 Å². The number of carbonyl (C=O) groups is 1. The molecule has 2 aromatic rings. The predicted octanol–water partition coefficient (Wildman–Crippen LogP) is 1.55. The smallest absolute Gasteiger partial charge is 0.325 e. The summed E-state index contributed by atoms with van der Waals surface area (Å²) in [4.78, 5) is 17.9. The number of aliphatic carboxylic acids is 1. The van der Waals surface area contributed by atoms with Crippen molar-refractivity contribution in [3.05, 3.63) is 42.0 Å². The summed E-state index contributed by atoms with van der Waals surface area (Å²) in [5.41, 5.74) is 0. The quantitative estimate of drug-likeness (QED) is 0.801. The Morgan fingerprint density at radius 2 is 1.96 bits per heavy atom. The van der Waals surface area contributed by atoms with E-state index in [2.05, 4.69) is 15.0 Å². The lowest BCUT2D eigenvalue weighted by atomic mass is 10.2. The van der Waals surface area contributed by atoms with Crippen LogP contribution in [0.3, 0.4) is 0 Å². The van der Waals surface area contributed by atoms with Crippen LogP contribution in [0.5, 0.6) is 5.75 Å².